The minimum absolute atomic E-state index is 0.0530. The Morgan fingerprint density at radius 1 is 1.08 bits per heavy atom. The van der Waals surface area contributed by atoms with Crippen molar-refractivity contribution >= 4 is 5.91 Å². The highest BCUT2D eigenvalue weighted by molar-refractivity contribution is 5.92. The lowest BCUT2D eigenvalue weighted by Gasteiger charge is -2.42. The Bertz CT molecular complexity index is 1360. The van der Waals surface area contributed by atoms with E-state index >= 15 is 0 Å². The SMILES string of the molecule is Cc1cc(C(=O)N(CC2CNC2)[C@@H](c2nc(-c3ccccc3)c(Cc3ccccc3)[nH]2)C(C)(C)C)nn1C. The minimum Gasteiger partial charge on any atom is -0.343 e. The van der Waals surface area contributed by atoms with Crippen LogP contribution in [0.2, 0.25) is 0 Å². The zero-order valence-corrected chi connectivity index (χ0v) is 23.0. The Hall–Kier alpha value is -3.71. The topological polar surface area (TPSA) is 78.8 Å². The zero-order chi connectivity index (χ0) is 26.9. The van der Waals surface area contributed by atoms with Gasteiger partial charge in [0, 0.05) is 56.0 Å². The summed E-state index contributed by atoms with van der Waals surface area (Å²) in [5.41, 5.74) is 5.43. The Labute approximate surface area is 225 Å². The summed E-state index contributed by atoms with van der Waals surface area (Å²) >= 11 is 0. The number of nitrogens with zero attached hydrogens (tertiary/aromatic N) is 4. The molecule has 0 saturated carbocycles. The third-order valence-electron chi connectivity index (χ3n) is 7.37. The van der Waals surface area contributed by atoms with Crippen molar-refractivity contribution in [1.82, 2.24) is 30.0 Å². The number of benzene rings is 2. The number of aromatic amines is 1. The highest BCUT2D eigenvalue weighted by atomic mass is 16.2. The standard InChI is InChI=1S/C31H38N6O/c1-21-16-26(35-36(21)5)30(38)37(20-23-18-32-19-23)28(31(2,3)4)29-33-25(17-22-12-8-6-9-13-22)27(34-29)24-14-10-7-11-15-24/h6-16,23,28,32H,17-20H2,1-5H3,(H,33,34)/t28-/m0/s1. The van der Waals surface area contributed by atoms with Crippen LogP contribution in [-0.4, -0.2) is 50.2 Å². The molecule has 0 aliphatic carbocycles. The monoisotopic (exact) mass is 510 g/mol. The Balaban J connectivity index is 1.61. The summed E-state index contributed by atoms with van der Waals surface area (Å²) in [6.07, 6.45) is 0.731. The maximum atomic E-state index is 14.1. The number of aromatic nitrogens is 4. The average molecular weight is 511 g/mol. The first-order valence-corrected chi connectivity index (χ1v) is 13.4. The van der Waals surface area contributed by atoms with Crippen molar-refractivity contribution in [1.29, 1.82) is 0 Å². The van der Waals surface area contributed by atoms with Crippen LogP contribution < -0.4 is 5.32 Å². The van der Waals surface area contributed by atoms with Gasteiger partial charge in [-0.1, -0.05) is 81.4 Å². The van der Waals surface area contributed by atoms with Gasteiger partial charge in [-0.05, 0) is 24.0 Å². The lowest BCUT2D eigenvalue weighted by Crippen LogP contribution is -2.52. The van der Waals surface area contributed by atoms with Crippen LogP contribution in [0.1, 0.15) is 60.1 Å². The van der Waals surface area contributed by atoms with Gasteiger partial charge in [-0.25, -0.2) is 4.98 Å². The third kappa shape index (κ3) is 5.43. The summed E-state index contributed by atoms with van der Waals surface area (Å²) in [5, 5.41) is 7.90. The number of hydrogen-bond acceptors (Lipinski definition) is 4. The fraction of sp³-hybridized carbons (Fsp3) is 0.387. The molecular formula is C31H38N6O. The molecular weight excluding hydrogens is 472 g/mol. The number of amides is 1. The van der Waals surface area contributed by atoms with Crippen molar-refractivity contribution < 1.29 is 4.79 Å². The Kier molecular flexibility index (Phi) is 7.21. The van der Waals surface area contributed by atoms with Crippen molar-refractivity contribution in [2.24, 2.45) is 18.4 Å². The number of carbonyl (C=O) groups is 1. The smallest absolute Gasteiger partial charge is 0.275 e. The molecule has 198 valence electrons. The molecule has 4 aromatic rings. The number of nitrogens with one attached hydrogen (secondary N) is 2. The van der Waals surface area contributed by atoms with Crippen molar-refractivity contribution in [3.8, 4) is 11.3 Å². The van der Waals surface area contributed by atoms with Crippen LogP contribution in [0, 0.1) is 18.3 Å². The van der Waals surface area contributed by atoms with Gasteiger partial charge in [0.1, 0.15) is 5.82 Å². The van der Waals surface area contributed by atoms with Gasteiger partial charge in [0.05, 0.1) is 11.7 Å². The van der Waals surface area contributed by atoms with Gasteiger partial charge in [-0.2, -0.15) is 5.10 Å². The first-order chi connectivity index (χ1) is 18.2. The molecule has 2 N–H and O–H groups in total. The third-order valence-corrected chi connectivity index (χ3v) is 7.37. The number of H-pyrrole nitrogens is 1. The van der Waals surface area contributed by atoms with Gasteiger partial charge in [-0.3, -0.25) is 9.48 Å². The highest BCUT2D eigenvalue weighted by Gasteiger charge is 2.40. The minimum atomic E-state index is -0.271. The molecule has 0 radical (unpaired) electrons. The fourth-order valence-electron chi connectivity index (χ4n) is 5.22. The maximum Gasteiger partial charge on any atom is 0.275 e. The van der Waals surface area contributed by atoms with Gasteiger partial charge in [0.25, 0.3) is 5.91 Å². The van der Waals surface area contributed by atoms with Crippen LogP contribution in [0.15, 0.2) is 66.7 Å². The van der Waals surface area contributed by atoms with Crippen molar-refractivity contribution in [2.75, 3.05) is 19.6 Å². The van der Waals surface area contributed by atoms with Gasteiger partial charge in [-0.15, -0.1) is 0 Å². The van der Waals surface area contributed by atoms with Gasteiger partial charge >= 0.3 is 0 Å². The van der Waals surface area contributed by atoms with E-state index in [-0.39, 0.29) is 17.4 Å². The predicted molar refractivity (Wildman–Crippen MR) is 151 cm³/mol. The Morgan fingerprint density at radius 2 is 1.74 bits per heavy atom. The Morgan fingerprint density at radius 3 is 2.29 bits per heavy atom. The van der Waals surface area contributed by atoms with E-state index < -0.39 is 0 Å². The molecule has 2 aromatic heterocycles. The number of imidazole rings is 1. The highest BCUT2D eigenvalue weighted by Crippen LogP contribution is 2.40. The molecule has 2 aromatic carbocycles. The number of carbonyl (C=O) groups excluding carboxylic acids is 1. The van der Waals surface area contributed by atoms with E-state index in [2.05, 4.69) is 72.6 Å². The van der Waals surface area contributed by atoms with Crippen LogP contribution in [0.5, 0.6) is 0 Å². The summed E-state index contributed by atoms with van der Waals surface area (Å²) < 4.78 is 1.76. The van der Waals surface area contributed by atoms with Crippen molar-refractivity contribution in [3.63, 3.8) is 0 Å². The molecule has 1 amide bonds. The molecule has 1 aliphatic heterocycles. The first kappa shape index (κ1) is 25.9. The van der Waals surface area contributed by atoms with Crippen molar-refractivity contribution in [2.45, 2.75) is 40.2 Å². The quantitative estimate of drug-likeness (QED) is 0.343. The molecule has 1 atom stereocenters. The van der Waals surface area contributed by atoms with Crippen LogP contribution in [0.3, 0.4) is 0 Å². The first-order valence-electron chi connectivity index (χ1n) is 13.4. The number of hydrogen-bond donors (Lipinski definition) is 2. The van der Waals surface area contributed by atoms with Gasteiger partial charge in [0.15, 0.2) is 5.69 Å². The van der Waals surface area contributed by atoms with E-state index in [9.17, 15) is 4.79 Å². The van der Waals surface area contributed by atoms with E-state index in [1.807, 2.05) is 49.2 Å². The molecule has 3 heterocycles. The van der Waals surface area contributed by atoms with Crippen molar-refractivity contribution in [3.05, 3.63) is 95.2 Å². The predicted octanol–water partition coefficient (Wildman–Crippen LogP) is 5.16. The summed E-state index contributed by atoms with van der Waals surface area (Å²) in [5.74, 6) is 1.17. The fourth-order valence-corrected chi connectivity index (χ4v) is 5.22. The summed E-state index contributed by atoms with van der Waals surface area (Å²) in [6.45, 7) is 11.0. The molecule has 1 fully saturated rings. The summed E-state index contributed by atoms with van der Waals surface area (Å²) in [7, 11) is 1.88. The molecule has 1 saturated heterocycles. The second-order valence-electron chi connectivity index (χ2n) is 11.5. The second kappa shape index (κ2) is 10.6. The number of rotatable bonds is 8. The average Bonchev–Trinajstić information content (AvgIpc) is 3.42. The molecule has 0 unspecified atom stereocenters. The molecule has 7 heteroatoms. The van der Waals surface area contributed by atoms with E-state index in [0.29, 0.717) is 18.2 Å². The largest absolute Gasteiger partial charge is 0.343 e. The van der Waals surface area contributed by atoms with Crippen LogP contribution in [-0.2, 0) is 13.5 Å². The van der Waals surface area contributed by atoms with Gasteiger partial charge < -0.3 is 15.2 Å². The lowest BCUT2D eigenvalue weighted by atomic mass is 9.84. The molecule has 38 heavy (non-hydrogen) atoms. The second-order valence-corrected chi connectivity index (χ2v) is 11.5. The molecule has 7 nitrogen and oxygen atoms in total. The molecule has 5 rings (SSSR count). The summed E-state index contributed by atoms with van der Waals surface area (Å²) in [6, 6.07) is 22.4. The van der Waals surface area contributed by atoms with E-state index in [1.54, 1.807) is 4.68 Å². The lowest BCUT2D eigenvalue weighted by molar-refractivity contribution is 0.0397. The van der Waals surface area contributed by atoms with E-state index in [4.69, 9.17) is 4.98 Å². The van der Waals surface area contributed by atoms with E-state index in [1.165, 1.54) is 5.56 Å². The van der Waals surface area contributed by atoms with E-state index in [0.717, 1.165) is 48.0 Å². The summed E-state index contributed by atoms with van der Waals surface area (Å²) in [4.78, 5) is 25.0. The van der Waals surface area contributed by atoms with Crippen LogP contribution in [0.25, 0.3) is 11.3 Å². The van der Waals surface area contributed by atoms with Crippen LogP contribution in [0.4, 0.5) is 0 Å². The maximum absolute atomic E-state index is 14.1. The normalized spacial score (nSPS) is 14.8. The molecule has 1 aliphatic rings. The molecule has 0 bridgehead atoms. The number of aryl methyl sites for hydroxylation is 2. The zero-order valence-electron chi connectivity index (χ0n) is 23.0. The van der Waals surface area contributed by atoms with Crippen LogP contribution >= 0.6 is 0 Å². The van der Waals surface area contributed by atoms with Gasteiger partial charge in [0.2, 0.25) is 0 Å². The molecule has 0 spiro atoms.